The average molecular weight is 377 g/mol. The molecule has 0 unspecified atom stereocenters. The van der Waals surface area contributed by atoms with Crippen molar-refractivity contribution >= 4 is 16.0 Å². The molecule has 1 aromatic heterocycles. The first-order chi connectivity index (χ1) is 12.4. The van der Waals surface area contributed by atoms with Crippen LogP contribution in [0.3, 0.4) is 0 Å². The molecule has 9 heteroatoms. The number of carbonyl (C=O) groups is 1. The summed E-state index contributed by atoms with van der Waals surface area (Å²) in [5.74, 6) is 0.201. The van der Waals surface area contributed by atoms with Gasteiger partial charge in [-0.15, -0.1) is 0 Å². The first-order valence-electron chi connectivity index (χ1n) is 8.47. The third kappa shape index (κ3) is 3.03. The van der Waals surface area contributed by atoms with Crippen molar-refractivity contribution in [1.29, 1.82) is 0 Å². The second-order valence-electron chi connectivity index (χ2n) is 6.63. The predicted octanol–water partition coefficient (Wildman–Crippen LogP) is 1.97. The van der Waals surface area contributed by atoms with E-state index >= 15 is 0 Å². The summed E-state index contributed by atoms with van der Waals surface area (Å²) in [5.41, 5.74) is -0.343. The minimum absolute atomic E-state index is 0.0788. The van der Waals surface area contributed by atoms with Crippen LogP contribution in [0, 0.1) is 0 Å². The van der Waals surface area contributed by atoms with Gasteiger partial charge in [-0.25, -0.2) is 0 Å². The number of amides is 1. The second-order valence-corrected chi connectivity index (χ2v) is 8.13. The third-order valence-corrected chi connectivity index (χ3v) is 5.80. The highest BCUT2D eigenvalue weighted by molar-refractivity contribution is 7.87. The summed E-state index contributed by atoms with van der Waals surface area (Å²) < 4.78 is 37.3. The van der Waals surface area contributed by atoms with E-state index in [2.05, 4.69) is 10.4 Å². The molecule has 1 saturated carbocycles. The fourth-order valence-corrected chi connectivity index (χ4v) is 4.28. The monoisotopic (exact) mass is 377 g/mol. The lowest BCUT2D eigenvalue weighted by Crippen LogP contribution is -2.56. The van der Waals surface area contributed by atoms with Crippen molar-refractivity contribution in [3.63, 3.8) is 0 Å². The molecule has 0 saturated heterocycles. The van der Waals surface area contributed by atoms with Gasteiger partial charge in [-0.05, 0) is 31.0 Å². The summed E-state index contributed by atoms with van der Waals surface area (Å²) in [6.45, 7) is 0. The van der Waals surface area contributed by atoms with E-state index in [-0.39, 0.29) is 16.7 Å². The van der Waals surface area contributed by atoms with Crippen molar-refractivity contribution in [3.05, 3.63) is 36.0 Å². The van der Waals surface area contributed by atoms with E-state index in [0.29, 0.717) is 11.3 Å². The minimum atomic E-state index is -4.05. The van der Waals surface area contributed by atoms with Crippen LogP contribution in [0.1, 0.15) is 42.5 Å². The lowest BCUT2D eigenvalue weighted by Gasteiger charge is -2.41. The van der Waals surface area contributed by atoms with Gasteiger partial charge in [0, 0.05) is 32.2 Å². The Balaban J connectivity index is 1.63. The number of hydrogen-bond donors (Lipinski definition) is 1. The van der Waals surface area contributed by atoms with Crippen molar-refractivity contribution in [2.75, 3.05) is 0 Å². The van der Waals surface area contributed by atoms with Crippen molar-refractivity contribution in [2.24, 2.45) is 7.05 Å². The molecule has 0 bridgehead atoms. The van der Waals surface area contributed by atoms with Gasteiger partial charge in [0.2, 0.25) is 5.03 Å². The molecular formula is C17H19N3O5S. The Hall–Kier alpha value is -2.55. The van der Waals surface area contributed by atoms with Crippen LogP contribution < -0.4 is 14.2 Å². The predicted molar refractivity (Wildman–Crippen MR) is 91.4 cm³/mol. The molecule has 1 fully saturated rings. The van der Waals surface area contributed by atoms with Crippen LogP contribution in [0.15, 0.2) is 35.5 Å². The molecule has 0 radical (unpaired) electrons. The highest BCUT2D eigenvalue weighted by Crippen LogP contribution is 2.38. The van der Waals surface area contributed by atoms with Gasteiger partial charge in [-0.3, -0.25) is 9.48 Å². The Morgan fingerprint density at radius 3 is 2.69 bits per heavy atom. The summed E-state index contributed by atoms with van der Waals surface area (Å²) >= 11 is 0. The lowest BCUT2D eigenvalue weighted by atomic mass is 9.90. The van der Waals surface area contributed by atoms with E-state index in [1.165, 1.54) is 35.1 Å². The van der Waals surface area contributed by atoms with Crippen LogP contribution >= 0.6 is 0 Å². The topological polar surface area (TPSA) is 99.5 Å². The summed E-state index contributed by atoms with van der Waals surface area (Å²) in [6.07, 6.45) is 6.04. The van der Waals surface area contributed by atoms with Crippen molar-refractivity contribution in [2.45, 2.75) is 42.9 Å². The van der Waals surface area contributed by atoms with Crippen LogP contribution in [0.2, 0.25) is 0 Å². The fourth-order valence-electron chi connectivity index (χ4n) is 3.38. The van der Waals surface area contributed by atoms with E-state index in [1.54, 1.807) is 7.05 Å². The first-order valence-corrected chi connectivity index (χ1v) is 9.88. The zero-order valence-corrected chi connectivity index (χ0v) is 15.1. The molecule has 138 valence electrons. The SMILES string of the molecule is Cn1ccc(S(=O)(=O)Oc2ccc3c(c2)OC2(CCCCC2)NC3=O)n1. The van der Waals surface area contributed by atoms with Gasteiger partial charge in [0.05, 0.1) is 5.56 Å². The number of ether oxygens (including phenoxy) is 1. The average Bonchev–Trinajstić information content (AvgIpc) is 3.02. The Kier molecular flexibility index (Phi) is 3.91. The van der Waals surface area contributed by atoms with Gasteiger partial charge >= 0.3 is 10.1 Å². The number of carbonyl (C=O) groups excluding carboxylic acids is 1. The highest BCUT2D eigenvalue weighted by Gasteiger charge is 2.41. The fraction of sp³-hybridized carbons (Fsp3) is 0.412. The molecule has 26 heavy (non-hydrogen) atoms. The maximum Gasteiger partial charge on any atom is 0.358 e. The van der Waals surface area contributed by atoms with Gasteiger partial charge in [0.1, 0.15) is 11.5 Å². The summed E-state index contributed by atoms with van der Waals surface area (Å²) in [6, 6.07) is 5.74. The van der Waals surface area contributed by atoms with Gasteiger partial charge < -0.3 is 14.2 Å². The molecule has 2 heterocycles. The van der Waals surface area contributed by atoms with E-state index in [1.807, 2.05) is 0 Å². The highest BCUT2D eigenvalue weighted by atomic mass is 32.2. The van der Waals surface area contributed by atoms with Gasteiger partial charge in [-0.2, -0.15) is 13.5 Å². The summed E-state index contributed by atoms with van der Waals surface area (Å²) in [4.78, 5) is 12.4. The Morgan fingerprint density at radius 1 is 1.23 bits per heavy atom. The number of nitrogens with zero attached hydrogens (tertiary/aromatic N) is 2. The maximum absolute atomic E-state index is 12.4. The Labute approximate surface area is 151 Å². The van der Waals surface area contributed by atoms with Crippen molar-refractivity contribution < 1.29 is 22.1 Å². The quantitative estimate of drug-likeness (QED) is 0.821. The second kappa shape index (κ2) is 6.01. The molecule has 0 atom stereocenters. The summed E-state index contributed by atoms with van der Waals surface area (Å²) in [5, 5.41) is 6.63. The molecule has 1 amide bonds. The van der Waals surface area contributed by atoms with E-state index < -0.39 is 15.8 Å². The smallest absolute Gasteiger partial charge is 0.358 e. The van der Waals surface area contributed by atoms with E-state index in [0.717, 1.165) is 32.1 Å². The largest absolute Gasteiger partial charge is 0.467 e. The maximum atomic E-state index is 12.4. The number of hydrogen-bond acceptors (Lipinski definition) is 6. The van der Waals surface area contributed by atoms with Crippen LogP contribution in [-0.2, 0) is 17.2 Å². The van der Waals surface area contributed by atoms with Gasteiger partial charge in [-0.1, -0.05) is 6.42 Å². The standard InChI is InChI=1S/C17H19N3O5S/c1-20-10-7-15(19-20)26(22,23)25-12-5-6-13-14(11-12)24-17(18-16(13)21)8-3-2-4-9-17/h5-7,10-11H,2-4,8-9H2,1H3,(H,18,21). The molecule has 2 aromatic rings. The molecular weight excluding hydrogens is 358 g/mol. The van der Waals surface area contributed by atoms with E-state index in [4.69, 9.17) is 8.92 Å². The molecule has 4 rings (SSSR count). The number of nitrogens with one attached hydrogen (secondary N) is 1. The van der Waals surface area contributed by atoms with Crippen molar-refractivity contribution in [1.82, 2.24) is 15.1 Å². The summed E-state index contributed by atoms with van der Waals surface area (Å²) in [7, 11) is -2.43. The number of rotatable bonds is 3. The molecule has 1 aromatic carbocycles. The zero-order valence-electron chi connectivity index (χ0n) is 14.3. The molecule has 8 nitrogen and oxygen atoms in total. The third-order valence-electron chi connectivity index (χ3n) is 4.66. The lowest BCUT2D eigenvalue weighted by molar-refractivity contribution is -0.00869. The Morgan fingerprint density at radius 2 is 2.00 bits per heavy atom. The van der Waals surface area contributed by atoms with Crippen LogP contribution in [0.4, 0.5) is 0 Å². The number of aromatic nitrogens is 2. The van der Waals surface area contributed by atoms with Crippen LogP contribution in [-0.4, -0.2) is 29.8 Å². The molecule has 1 aliphatic carbocycles. The van der Waals surface area contributed by atoms with Crippen LogP contribution in [0.25, 0.3) is 0 Å². The Bertz CT molecular complexity index is 961. The van der Waals surface area contributed by atoms with Crippen molar-refractivity contribution in [3.8, 4) is 11.5 Å². The number of fused-ring (bicyclic) bond motifs is 1. The normalized spacial score (nSPS) is 18.7. The molecule has 1 spiro atoms. The molecule has 1 aliphatic heterocycles. The van der Waals surface area contributed by atoms with Gasteiger partial charge in [0.15, 0.2) is 5.72 Å². The number of aryl methyl sites for hydroxylation is 1. The first kappa shape index (κ1) is 16.9. The van der Waals surface area contributed by atoms with E-state index in [9.17, 15) is 13.2 Å². The minimum Gasteiger partial charge on any atom is -0.467 e. The number of benzene rings is 1. The zero-order chi connectivity index (χ0) is 18.4. The molecule has 1 N–H and O–H groups in total. The van der Waals surface area contributed by atoms with Gasteiger partial charge in [0.25, 0.3) is 5.91 Å². The van der Waals surface area contributed by atoms with Crippen LogP contribution in [0.5, 0.6) is 11.5 Å². The molecule has 2 aliphatic rings.